The average molecular weight is 276 g/mol. The van der Waals surface area contributed by atoms with E-state index in [-0.39, 0.29) is 10.6 Å². The van der Waals surface area contributed by atoms with E-state index in [1.165, 1.54) is 14.0 Å². The summed E-state index contributed by atoms with van der Waals surface area (Å²) in [5, 5.41) is 7.20. The molecule has 0 aliphatic heterocycles. The largest absolute Gasteiger partial charge is 0.372 e. The maximum atomic E-state index is 13.1. The van der Waals surface area contributed by atoms with Crippen molar-refractivity contribution in [3.8, 4) is 0 Å². The number of methoxy groups -OCH3 is 1. The summed E-state index contributed by atoms with van der Waals surface area (Å²) in [4.78, 5) is 11.2. The van der Waals surface area contributed by atoms with Crippen LogP contribution in [-0.4, -0.2) is 27.5 Å². The van der Waals surface area contributed by atoms with Crippen molar-refractivity contribution >= 4 is 21.6 Å². The topological polar surface area (TPSA) is 98.5 Å². The number of hydrogen-bond acceptors (Lipinski definition) is 4. The van der Waals surface area contributed by atoms with E-state index in [2.05, 4.69) is 5.32 Å². The maximum Gasteiger partial charge on any atom is 0.253 e. The van der Waals surface area contributed by atoms with E-state index in [9.17, 15) is 17.6 Å². The molecule has 1 atom stereocenters. The van der Waals surface area contributed by atoms with Crippen LogP contribution in [0.4, 0.5) is 10.1 Å². The monoisotopic (exact) mass is 276 g/mol. The van der Waals surface area contributed by atoms with Gasteiger partial charge in [0.1, 0.15) is 16.8 Å². The molecule has 1 aromatic rings. The molecular formula is C10H13FN2O4S. The highest BCUT2D eigenvalue weighted by atomic mass is 32.2. The summed E-state index contributed by atoms with van der Waals surface area (Å²) in [6.45, 7) is 1.46. The minimum atomic E-state index is -4.05. The first-order chi connectivity index (χ1) is 8.25. The van der Waals surface area contributed by atoms with Gasteiger partial charge < -0.3 is 10.1 Å². The van der Waals surface area contributed by atoms with Crippen molar-refractivity contribution in [2.45, 2.75) is 17.9 Å². The number of nitrogens with one attached hydrogen (secondary N) is 1. The third-order valence-electron chi connectivity index (χ3n) is 2.23. The molecule has 0 radical (unpaired) electrons. The molecule has 1 amide bonds. The SMILES string of the molecule is COC(C)C(=O)Nc1cc(F)ccc1S(N)(=O)=O. The first-order valence-corrected chi connectivity index (χ1v) is 6.46. The van der Waals surface area contributed by atoms with Gasteiger partial charge in [-0.15, -0.1) is 0 Å². The normalized spacial score (nSPS) is 13.1. The summed E-state index contributed by atoms with van der Waals surface area (Å²) in [5.41, 5.74) is -0.216. The Morgan fingerprint density at radius 1 is 1.50 bits per heavy atom. The van der Waals surface area contributed by atoms with Crippen LogP contribution in [0.25, 0.3) is 0 Å². The van der Waals surface area contributed by atoms with Crippen LogP contribution >= 0.6 is 0 Å². The van der Waals surface area contributed by atoms with E-state index in [1.54, 1.807) is 0 Å². The van der Waals surface area contributed by atoms with Crippen molar-refractivity contribution in [2.24, 2.45) is 5.14 Å². The lowest BCUT2D eigenvalue weighted by Gasteiger charge is -2.13. The van der Waals surface area contributed by atoms with Crippen molar-refractivity contribution in [3.05, 3.63) is 24.0 Å². The van der Waals surface area contributed by atoms with Gasteiger partial charge in [-0.05, 0) is 25.1 Å². The van der Waals surface area contributed by atoms with Crippen LogP contribution in [-0.2, 0) is 19.6 Å². The number of primary sulfonamides is 1. The second-order valence-corrected chi connectivity index (χ2v) is 5.08. The van der Waals surface area contributed by atoms with Crippen molar-refractivity contribution in [3.63, 3.8) is 0 Å². The zero-order chi connectivity index (χ0) is 13.9. The van der Waals surface area contributed by atoms with E-state index < -0.39 is 27.9 Å². The summed E-state index contributed by atoms with van der Waals surface area (Å²) in [5.74, 6) is -1.30. The van der Waals surface area contributed by atoms with Crippen LogP contribution in [0.5, 0.6) is 0 Å². The number of halogens is 1. The van der Waals surface area contributed by atoms with Crippen molar-refractivity contribution in [2.75, 3.05) is 12.4 Å². The number of nitrogens with two attached hydrogens (primary N) is 1. The first kappa shape index (κ1) is 14.6. The number of rotatable bonds is 4. The molecule has 0 spiro atoms. The van der Waals surface area contributed by atoms with Crippen molar-refractivity contribution in [1.29, 1.82) is 0 Å². The Morgan fingerprint density at radius 2 is 2.11 bits per heavy atom. The first-order valence-electron chi connectivity index (χ1n) is 4.91. The molecular weight excluding hydrogens is 263 g/mol. The van der Waals surface area contributed by atoms with Crippen LogP contribution < -0.4 is 10.5 Å². The smallest absolute Gasteiger partial charge is 0.253 e. The summed E-state index contributed by atoms with van der Waals surface area (Å²) in [6.07, 6.45) is -0.804. The summed E-state index contributed by atoms with van der Waals surface area (Å²) in [6, 6.07) is 2.80. The standard InChI is InChI=1S/C10H13FN2O4S/c1-6(17-2)10(14)13-8-5-7(11)3-4-9(8)18(12,15)16/h3-6H,1-2H3,(H,13,14)(H2,12,15,16). The Balaban J connectivity index is 3.15. The lowest BCUT2D eigenvalue weighted by Crippen LogP contribution is -2.28. The molecule has 100 valence electrons. The van der Waals surface area contributed by atoms with Gasteiger partial charge >= 0.3 is 0 Å². The third-order valence-corrected chi connectivity index (χ3v) is 3.20. The van der Waals surface area contributed by atoms with E-state index in [0.29, 0.717) is 0 Å². The number of anilines is 1. The van der Waals surface area contributed by atoms with Crippen LogP contribution in [0, 0.1) is 5.82 Å². The molecule has 1 aromatic carbocycles. The third kappa shape index (κ3) is 3.49. The van der Waals surface area contributed by atoms with E-state index in [0.717, 1.165) is 18.2 Å². The molecule has 0 fully saturated rings. The van der Waals surface area contributed by atoms with Crippen LogP contribution in [0.2, 0.25) is 0 Å². The van der Waals surface area contributed by atoms with Gasteiger partial charge in [0.2, 0.25) is 10.0 Å². The summed E-state index contributed by atoms with van der Waals surface area (Å²) < 4.78 is 40.3. The number of hydrogen-bond donors (Lipinski definition) is 2. The predicted molar refractivity (Wildman–Crippen MR) is 62.9 cm³/mol. The van der Waals surface area contributed by atoms with Gasteiger partial charge in [-0.3, -0.25) is 4.79 Å². The van der Waals surface area contributed by atoms with Gasteiger partial charge in [0.15, 0.2) is 0 Å². The summed E-state index contributed by atoms with van der Waals surface area (Å²) >= 11 is 0. The molecule has 0 aromatic heterocycles. The fraction of sp³-hybridized carbons (Fsp3) is 0.300. The van der Waals surface area contributed by atoms with Gasteiger partial charge in [-0.2, -0.15) is 0 Å². The predicted octanol–water partition coefficient (Wildman–Crippen LogP) is 0.447. The molecule has 18 heavy (non-hydrogen) atoms. The Hall–Kier alpha value is -1.51. The molecule has 0 saturated carbocycles. The zero-order valence-electron chi connectivity index (χ0n) is 9.81. The fourth-order valence-electron chi connectivity index (χ4n) is 1.19. The molecule has 0 aliphatic rings. The van der Waals surface area contributed by atoms with Crippen molar-refractivity contribution in [1.82, 2.24) is 0 Å². The molecule has 0 bridgehead atoms. The summed E-state index contributed by atoms with van der Waals surface area (Å²) in [7, 11) is -2.73. The molecule has 1 rings (SSSR count). The molecule has 8 heteroatoms. The molecule has 1 unspecified atom stereocenters. The van der Waals surface area contributed by atoms with Crippen LogP contribution in [0.3, 0.4) is 0 Å². The number of amides is 1. The molecule has 0 heterocycles. The lowest BCUT2D eigenvalue weighted by molar-refractivity contribution is -0.124. The average Bonchev–Trinajstić information content (AvgIpc) is 2.26. The number of carbonyl (C=O) groups excluding carboxylic acids is 1. The minimum Gasteiger partial charge on any atom is -0.372 e. The van der Waals surface area contributed by atoms with Gasteiger partial charge in [0, 0.05) is 7.11 Å². The Bertz CT molecular complexity index is 559. The number of carbonyl (C=O) groups is 1. The molecule has 0 saturated heterocycles. The van der Waals surface area contributed by atoms with E-state index >= 15 is 0 Å². The van der Waals surface area contributed by atoms with Gasteiger partial charge in [-0.25, -0.2) is 17.9 Å². The van der Waals surface area contributed by atoms with E-state index in [4.69, 9.17) is 9.88 Å². The lowest BCUT2D eigenvalue weighted by atomic mass is 10.3. The van der Waals surface area contributed by atoms with E-state index in [1.807, 2.05) is 0 Å². The zero-order valence-corrected chi connectivity index (χ0v) is 10.6. The number of sulfonamides is 1. The highest BCUT2D eigenvalue weighted by Gasteiger charge is 2.19. The van der Waals surface area contributed by atoms with Crippen molar-refractivity contribution < 1.29 is 22.3 Å². The van der Waals surface area contributed by atoms with Gasteiger partial charge in [0.25, 0.3) is 5.91 Å². The molecule has 3 N–H and O–H groups in total. The number of benzene rings is 1. The minimum absolute atomic E-state index is 0.216. The maximum absolute atomic E-state index is 13.1. The molecule has 6 nitrogen and oxygen atoms in total. The highest BCUT2D eigenvalue weighted by Crippen LogP contribution is 2.21. The van der Waals surface area contributed by atoms with Gasteiger partial charge in [0.05, 0.1) is 5.69 Å². The number of ether oxygens (including phenoxy) is 1. The molecule has 0 aliphatic carbocycles. The fourth-order valence-corrected chi connectivity index (χ4v) is 1.86. The quantitative estimate of drug-likeness (QED) is 0.834. The highest BCUT2D eigenvalue weighted by molar-refractivity contribution is 7.89. The second kappa shape index (κ2) is 5.42. The Kier molecular flexibility index (Phi) is 4.38. The van der Waals surface area contributed by atoms with Gasteiger partial charge in [-0.1, -0.05) is 0 Å². The van der Waals surface area contributed by atoms with Crippen LogP contribution in [0.1, 0.15) is 6.92 Å². The Labute approximate surface area is 104 Å². The second-order valence-electron chi connectivity index (χ2n) is 3.55. The Morgan fingerprint density at radius 3 is 2.61 bits per heavy atom. The van der Waals surface area contributed by atoms with Crippen LogP contribution in [0.15, 0.2) is 23.1 Å².